The van der Waals surface area contributed by atoms with Gasteiger partial charge in [0, 0.05) is 50.3 Å². The average molecular weight is 564 g/mol. The number of aliphatic hydroxyl groups excluding tert-OH is 1. The number of fused-ring (bicyclic) bond motifs is 1. The Bertz CT molecular complexity index is 1310. The van der Waals surface area contributed by atoms with Crippen molar-refractivity contribution in [2.24, 2.45) is 5.92 Å². The second-order valence-corrected chi connectivity index (χ2v) is 12.9. The Morgan fingerprint density at radius 2 is 1.98 bits per heavy atom. The van der Waals surface area contributed by atoms with Crippen molar-refractivity contribution in [3.05, 3.63) is 54.3 Å². The summed E-state index contributed by atoms with van der Waals surface area (Å²) in [7, 11) is 1.71. The normalized spacial score (nSPS) is 19.0. The first-order chi connectivity index (χ1) is 19.4. The second kappa shape index (κ2) is 12.9. The fourth-order valence-corrected chi connectivity index (χ4v) is 5.87. The number of rotatable bonds is 13. The molecule has 0 amide bonds. The van der Waals surface area contributed by atoms with Gasteiger partial charge in [-0.05, 0) is 69.1 Å². The summed E-state index contributed by atoms with van der Waals surface area (Å²) in [6.45, 7) is 17.7. The van der Waals surface area contributed by atoms with Crippen LogP contribution in [0.5, 0.6) is 0 Å². The van der Waals surface area contributed by atoms with E-state index in [0.29, 0.717) is 41.6 Å². The maximum absolute atomic E-state index is 11.1. The molecule has 4 rings (SSSR count). The molecule has 3 aromatic rings. The number of aromatic amines is 1. The number of benzene rings is 1. The number of imidazole rings is 1. The van der Waals surface area contributed by atoms with Gasteiger partial charge >= 0.3 is 0 Å². The molecular weight excluding hydrogens is 514 g/mol. The van der Waals surface area contributed by atoms with Crippen LogP contribution in [0.2, 0.25) is 0 Å². The first-order valence-electron chi connectivity index (χ1n) is 14.8. The number of nitrogens with zero attached hydrogens (tertiary/aromatic N) is 5. The van der Waals surface area contributed by atoms with Crippen LogP contribution in [0, 0.1) is 12.8 Å². The van der Waals surface area contributed by atoms with Crippen molar-refractivity contribution in [2.45, 2.75) is 103 Å². The number of H-pyrrole nitrogens is 1. The lowest BCUT2D eigenvalue weighted by molar-refractivity contribution is -0.0213. The molecule has 2 heterocycles. The van der Waals surface area contributed by atoms with Gasteiger partial charge in [-0.2, -0.15) is 0 Å². The maximum atomic E-state index is 11.1. The van der Waals surface area contributed by atoms with E-state index in [1.165, 1.54) is 24.7 Å². The molecule has 0 radical (unpaired) electrons. The van der Waals surface area contributed by atoms with E-state index >= 15 is 0 Å². The summed E-state index contributed by atoms with van der Waals surface area (Å²) < 4.78 is 5.86. The molecule has 0 bridgehead atoms. The number of nitrogens with one attached hydrogen (secondary N) is 1. The van der Waals surface area contributed by atoms with Crippen LogP contribution >= 0.6 is 0 Å². The van der Waals surface area contributed by atoms with E-state index < -0.39 is 6.23 Å². The zero-order valence-electron chi connectivity index (χ0n) is 25.9. The highest BCUT2D eigenvalue weighted by molar-refractivity contribution is 5.76. The maximum Gasteiger partial charge on any atom is 0.143 e. The summed E-state index contributed by atoms with van der Waals surface area (Å²) in [6.07, 6.45) is 6.83. The second-order valence-electron chi connectivity index (χ2n) is 12.9. The predicted molar refractivity (Wildman–Crippen MR) is 167 cm³/mol. The van der Waals surface area contributed by atoms with Gasteiger partial charge in [-0.15, -0.1) is 0 Å². The Balaban J connectivity index is 1.31. The lowest BCUT2D eigenvalue weighted by atomic mass is 9.76. The number of hydrogen-bond donors (Lipinski definition) is 3. The van der Waals surface area contributed by atoms with Crippen LogP contribution in [-0.4, -0.2) is 68.0 Å². The Morgan fingerprint density at radius 3 is 2.61 bits per heavy atom. The van der Waals surface area contributed by atoms with Gasteiger partial charge in [-0.3, -0.25) is 4.90 Å². The molecule has 4 N–H and O–H groups in total. The predicted octanol–water partition coefficient (Wildman–Crippen LogP) is 5.34. The number of aromatic nitrogens is 4. The zero-order valence-corrected chi connectivity index (χ0v) is 25.9. The van der Waals surface area contributed by atoms with Crippen molar-refractivity contribution in [3.8, 4) is 0 Å². The van der Waals surface area contributed by atoms with Crippen molar-refractivity contribution in [2.75, 3.05) is 24.3 Å². The first kappa shape index (κ1) is 30.9. The van der Waals surface area contributed by atoms with Crippen molar-refractivity contribution in [1.82, 2.24) is 24.8 Å². The summed E-state index contributed by atoms with van der Waals surface area (Å²) in [4.78, 5) is 20.9. The molecule has 1 aliphatic carbocycles. The number of nitrogens with two attached hydrogens (primary N) is 1. The van der Waals surface area contributed by atoms with Crippen molar-refractivity contribution >= 4 is 22.7 Å². The molecule has 2 aromatic heterocycles. The number of aliphatic hydroxyl groups is 1. The Labute approximate surface area is 245 Å². The fourth-order valence-electron chi connectivity index (χ4n) is 5.87. The standard InChI is InChI=1S/C32H49N7O2/c1-9-38(31-21(4)30(33)34-19-35-31)29(40)17-25(41-8)18-39(20(2)3)24-14-22(15-24)10-13-28-36-26-12-11-23(32(5,6)7)16-27(26)37-28/h9,11-12,16,19-20,22,24-25,29,40H,1,10,13-15,17-18H2,2-8H3,(H,36,37)(H2,33,34,35). The Kier molecular flexibility index (Phi) is 9.72. The largest absolute Gasteiger partial charge is 0.383 e. The van der Waals surface area contributed by atoms with E-state index in [2.05, 4.69) is 79.2 Å². The number of anilines is 2. The van der Waals surface area contributed by atoms with Gasteiger partial charge in [0.2, 0.25) is 0 Å². The van der Waals surface area contributed by atoms with Crippen molar-refractivity contribution in [3.63, 3.8) is 0 Å². The molecule has 0 aliphatic heterocycles. The van der Waals surface area contributed by atoms with Crippen LogP contribution in [0.25, 0.3) is 11.0 Å². The van der Waals surface area contributed by atoms with Gasteiger partial charge in [0.25, 0.3) is 0 Å². The summed E-state index contributed by atoms with van der Waals surface area (Å²) >= 11 is 0. The molecule has 1 aromatic carbocycles. The van der Waals surface area contributed by atoms with Gasteiger partial charge in [0.15, 0.2) is 0 Å². The smallest absolute Gasteiger partial charge is 0.143 e. The minimum absolute atomic E-state index is 0.123. The lowest BCUT2D eigenvalue weighted by Gasteiger charge is -2.46. The molecule has 1 fully saturated rings. The average Bonchev–Trinajstić information content (AvgIpc) is 3.30. The van der Waals surface area contributed by atoms with E-state index in [1.807, 2.05) is 6.92 Å². The first-order valence-corrected chi connectivity index (χ1v) is 14.8. The summed E-state index contributed by atoms with van der Waals surface area (Å²) in [5.41, 5.74) is 10.3. The number of hydrogen-bond acceptors (Lipinski definition) is 8. The van der Waals surface area contributed by atoms with E-state index in [4.69, 9.17) is 15.5 Å². The Morgan fingerprint density at radius 1 is 1.24 bits per heavy atom. The highest BCUT2D eigenvalue weighted by atomic mass is 16.5. The molecular formula is C32H49N7O2. The molecule has 1 saturated carbocycles. The quantitative estimate of drug-likeness (QED) is 0.239. The van der Waals surface area contributed by atoms with Gasteiger partial charge in [-0.25, -0.2) is 15.0 Å². The number of nitrogen functional groups attached to an aromatic ring is 1. The van der Waals surface area contributed by atoms with Crippen LogP contribution < -0.4 is 10.6 Å². The molecule has 9 nitrogen and oxygen atoms in total. The minimum atomic E-state index is -0.850. The van der Waals surface area contributed by atoms with Crippen LogP contribution in [-0.2, 0) is 16.6 Å². The highest BCUT2D eigenvalue weighted by Gasteiger charge is 2.36. The van der Waals surface area contributed by atoms with E-state index in [1.54, 1.807) is 18.2 Å². The van der Waals surface area contributed by atoms with Gasteiger partial charge in [-0.1, -0.05) is 33.4 Å². The third-order valence-electron chi connectivity index (χ3n) is 8.61. The molecule has 224 valence electrons. The molecule has 0 spiro atoms. The molecule has 41 heavy (non-hydrogen) atoms. The fraction of sp³-hybridized carbons (Fsp3) is 0.594. The number of methoxy groups -OCH3 is 1. The molecule has 2 unspecified atom stereocenters. The molecule has 1 aliphatic rings. The molecule has 0 saturated heterocycles. The van der Waals surface area contributed by atoms with Crippen LogP contribution in [0.3, 0.4) is 0 Å². The summed E-state index contributed by atoms with van der Waals surface area (Å²) in [6, 6.07) is 7.46. The van der Waals surface area contributed by atoms with Crippen LogP contribution in [0.15, 0.2) is 37.3 Å². The molecule has 2 atom stereocenters. The van der Waals surface area contributed by atoms with Gasteiger partial charge < -0.3 is 25.5 Å². The van der Waals surface area contributed by atoms with Crippen molar-refractivity contribution in [1.29, 1.82) is 0 Å². The third kappa shape index (κ3) is 7.26. The lowest BCUT2D eigenvalue weighted by Crippen LogP contribution is -2.51. The number of aryl methyl sites for hydroxylation is 1. The van der Waals surface area contributed by atoms with E-state index in [-0.39, 0.29) is 11.5 Å². The molecule has 9 heteroatoms. The van der Waals surface area contributed by atoms with E-state index in [0.717, 1.165) is 36.2 Å². The number of ether oxygens (including phenoxy) is 1. The zero-order chi connectivity index (χ0) is 29.9. The third-order valence-corrected chi connectivity index (χ3v) is 8.61. The SMILES string of the molecule is C=CN(c1ncnc(N)c1C)C(O)CC(CN(C(C)C)C1CC(CCc2nc3ccc(C(C)(C)C)cc3[nH]2)C1)OC. The Hall–Kier alpha value is -3.01. The van der Waals surface area contributed by atoms with Gasteiger partial charge in [0.1, 0.15) is 30.0 Å². The topological polar surface area (TPSA) is 116 Å². The van der Waals surface area contributed by atoms with Crippen molar-refractivity contribution < 1.29 is 9.84 Å². The van der Waals surface area contributed by atoms with Crippen LogP contribution in [0.1, 0.15) is 77.3 Å². The van der Waals surface area contributed by atoms with E-state index in [9.17, 15) is 5.11 Å². The summed E-state index contributed by atoms with van der Waals surface area (Å²) in [5.74, 6) is 2.71. The summed E-state index contributed by atoms with van der Waals surface area (Å²) in [5, 5.41) is 11.1. The van der Waals surface area contributed by atoms with Gasteiger partial charge in [0.05, 0.1) is 17.1 Å². The monoisotopic (exact) mass is 563 g/mol. The minimum Gasteiger partial charge on any atom is -0.383 e. The van der Waals surface area contributed by atoms with Crippen LogP contribution in [0.4, 0.5) is 11.6 Å². The highest BCUT2D eigenvalue weighted by Crippen LogP contribution is 2.36.